The van der Waals surface area contributed by atoms with Crippen molar-refractivity contribution in [2.75, 3.05) is 27.3 Å². The van der Waals surface area contributed by atoms with Gasteiger partial charge in [-0.2, -0.15) is 0 Å². The van der Waals surface area contributed by atoms with Gasteiger partial charge in [-0.05, 0) is 56.2 Å². The molecule has 8 heteroatoms. The van der Waals surface area contributed by atoms with Crippen molar-refractivity contribution in [1.29, 1.82) is 0 Å². The van der Waals surface area contributed by atoms with Crippen LogP contribution in [0.5, 0.6) is 23.0 Å². The average molecular weight is 428 g/mol. The van der Waals surface area contributed by atoms with Crippen molar-refractivity contribution in [2.45, 2.75) is 31.9 Å². The molecule has 2 N–H and O–H groups in total. The van der Waals surface area contributed by atoms with Crippen molar-refractivity contribution in [3.05, 3.63) is 48.0 Å². The lowest BCUT2D eigenvalue weighted by Crippen LogP contribution is -2.49. The predicted molar refractivity (Wildman–Crippen MR) is 115 cm³/mol. The topological polar surface area (TPSA) is 97.3 Å². The number of nitrogens with one attached hydrogen (secondary N) is 1. The third kappa shape index (κ3) is 5.81. The van der Waals surface area contributed by atoms with E-state index < -0.39 is 6.10 Å². The molecule has 1 unspecified atom stereocenters. The summed E-state index contributed by atoms with van der Waals surface area (Å²) in [7, 11) is 3.09. The number of hydrogen-bond acceptors (Lipinski definition) is 6. The summed E-state index contributed by atoms with van der Waals surface area (Å²) < 4.78 is 16.1. The van der Waals surface area contributed by atoms with E-state index in [4.69, 9.17) is 14.2 Å². The summed E-state index contributed by atoms with van der Waals surface area (Å²) in [5, 5.41) is 12.3. The summed E-state index contributed by atoms with van der Waals surface area (Å²) in [6.07, 6.45) is 0.642. The number of piperidine rings is 1. The Balaban J connectivity index is 1.51. The molecule has 0 spiro atoms. The number of carbonyl (C=O) groups excluding carboxylic acids is 2. The number of carbonyl (C=O) groups is 2. The third-order valence-corrected chi connectivity index (χ3v) is 5.25. The predicted octanol–water partition coefficient (Wildman–Crippen LogP) is 2.60. The minimum Gasteiger partial charge on any atom is -0.508 e. The average Bonchev–Trinajstić information content (AvgIpc) is 2.80. The zero-order valence-electron chi connectivity index (χ0n) is 18.0. The van der Waals surface area contributed by atoms with E-state index in [2.05, 4.69) is 5.32 Å². The van der Waals surface area contributed by atoms with Gasteiger partial charge in [0.25, 0.3) is 11.8 Å². The highest BCUT2D eigenvalue weighted by atomic mass is 16.5. The fraction of sp³-hybridized carbons (Fsp3) is 0.391. The van der Waals surface area contributed by atoms with E-state index in [1.807, 2.05) is 0 Å². The highest BCUT2D eigenvalue weighted by Crippen LogP contribution is 2.24. The van der Waals surface area contributed by atoms with Crippen LogP contribution in [-0.2, 0) is 4.79 Å². The molecular formula is C23H28N2O6. The van der Waals surface area contributed by atoms with Crippen LogP contribution in [0, 0.1) is 0 Å². The monoisotopic (exact) mass is 428 g/mol. The molecule has 31 heavy (non-hydrogen) atoms. The number of amides is 2. The van der Waals surface area contributed by atoms with Crippen LogP contribution in [0.1, 0.15) is 30.1 Å². The first-order valence-corrected chi connectivity index (χ1v) is 10.2. The molecule has 0 radical (unpaired) electrons. The SMILES string of the molecule is COc1cc(OC)cc(C(=O)N2CCC(NC(=O)C(C)Oc3ccc(O)cc3)CC2)c1. The summed E-state index contributed by atoms with van der Waals surface area (Å²) in [6, 6.07) is 11.3. The van der Waals surface area contributed by atoms with Crippen LogP contribution in [0.3, 0.4) is 0 Å². The van der Waals surface area contributed by atoms with Gasteiger partial charge in [0, 0.05) is 30.8 Å². The Morgan fingerprint density at radius 3 is 2.13 bits per heavy atom. The van der Waals surface area contributed by atoms with Crippen molar-refractivity contribution in [3.8, 4) is 23.0 Å². The first-order valence-electron chi connectivity index (χ1n) is 10.2. The molecule has 2 aromatic carbocycles. The summed E-state index contributed by atoms with van der Waals surface area (Å²) in [6.45, 7) is 2.75. The van der Waals surface area contributed by atoms with E-state index in [1.54, 1.807) is 56.4 Å². The quantitative estimate of drug-likeness (QED) is 0.704. The first-order chi connectivity index (χ1) is 14.9. The number of hydrogen-bond donors (Lipinski definition) is 2. The van der Waals surface area contributed by atoms with E-state index in [0.717, 1.165) is 0 Å². The number of phenolic OH excluding ortho intramolecular Hbond substituents is 1. The molecule has 0 saturated carbocycles. The second-order valence-corrected chi connectivity index (χ2v) is 7.43. The summed E-state index contributed by atoms with van der Waals surface area (Å²) in [4.78, 5) is 27.1. The Bertz CT molecular complexity index is 885. The van der Waals surface area contributed by atoms with Gasteiger partial charge in [0.15, 0.2) is 6.10 Å². The van der Waals surface area contributed by atoms with Gasteiger partial charge in [-0.15, -0.1) is 0 Å². The van der Waals surface area contributed by atoms with E-state index in [-0.39, 0.29) is 23.6 Å². The van der Waals surface area contributed by atoms with Crippen molar-refractivity contribution < 1.29 is 28.9 Å². The number of benzene rings is 2. The maximum absolute atomic E-state index is 12.9. The highest BCUT2D eigenvalue weighted by Gasteiger charge is 2.27. The van der Waals surface area contributed by atoms with Crippen molar-refractivity contribution in [2.24, 2.45) is 0 Å². The molecule has 1 fully saturated rings. The van der Waals surface area contributed by atoms with Crippen LogP contribution in [0.25, 0.3) is 0 Å². The van der Waals surface area contributed by atoms with Crippen molar-refractivity contribution in [1.82, 2.24) is 10.2 Å². The molecule has 3 rings (SSSR count). The lowest BCUT2D eigenvalue weighted by atomic mass is 10.0. The molecule has 0 aromatic heterocycles. The number of phenols is 1. The molecule has 166 valence electrons. The van der Waals surface area contributed by atoms with E-state index in [0.29, 0.717) is 48.7 Å². The number of nitrogens with zero attached hydrogens (tertiary/aromatic N) is 1. The zero-order valence-corrected chi connectivity index (χ0v) is 18.0. The largest absolute Gasteiger partial charge is 0.508 e. The van der Waals surface area contributed by atoms with Crippen molar-refractivity contribution in [3.63, 3.8) is 0 Å². The van der Waals surface area contributed by atoms with Crippen molar-refractivity contribution >= 4 is 11.8 Å². The van der Waals surface area contributed by atoms with E-state index in [1.165, 1.54) is 12.1 Å². The number of likely N-dealkylation sites (tertiary alicyclic amines) is 1. The maximum atomic E-state index is 12.9. The molecule has 0 bridgehead atoms. The Kier molecular flexibility index (Phi) is 7.23. The Morgan fingerprint density at radius 2 is 1.58 bits per heavy atom. The Labute approximate surface area is 181 Å². The molecule has 1 atom stereocenters. The second kappa shape index (κ2) is 10.1. The molecule has 2 aromatic rings. The molecular weight excluding hydrogens is 400 g/mol. The lowest BCUT2D eigenvalue weighted by Gasteiger charge is -2.33. The lowest BCUT2D eigenvalue weighted by molar-refractivity contribution is -0.128. The normalized spacial score (nSPS) is 15.1. The molecule has 2 amide bonds. The highest BCUT2D eigenvalue weighted by molar-refractivity contribution is 5.95. The summed E-state index contributed by atoms with van der Waals surface area (Å²) >= 11 is 0. The number of methoxy groups -OCH3 is 2. The smallest absolute Gasteiger partial charge is 0.260 e. The van der Waals surface area contributed by atoms with Crippen LogP contribution >= 0.6 is 0 Å². The zero-order chi connectivity index (χ0) is 22.4. The van der Waals surface area contributed by atoms with Gasteiger partial charge >= 0.3 is 0 Å². The molecule has 1 aliphatic heterocycles. The summed E-state index contributed by atoms with van der Waals surface area (Å²) in [5.41, 5.74) is 0.509. The van der Waals surface area contributed by atoms with Gasteiger partial charge in [0.1, 0.15) is 23.0 Å². The van der Waals surface area contributed by atoms with Crippen LogP contribution in [0.2, 0.25) is 0 Å². The first kappa shape index (κ1) is 22.3. The molecule has 1 saturated heterocycles. The van der Waals surface area contributed by atoms with Gasteiger partial charge in [-0.25, -0.2) is 0 Å². The fourth-order valence-corrected chi connectivity index (χ4v) is 3.44. The Morgan fingerprint density at radius 1 is 1.00 bits per heavy atom. The third-order valence-electron chi connectivity index (χ3n) is 5.25. The minimum atomic E-state index is -0.673. The molecule has 0 aliphatic carbocycles. The number of rotatable bonds is 7. The maximum Gasteiger partial charge on any atom is 0.260 e. The van der Waals surface area contributed by atoms with Gasteiger partial charge in [0.05, 0.1) is 14.2 Å². The molecule has 1 aliphatic rings. The van der Waals surface area contributed by atoms with Gasteiger partial charge in [0.2, 0.25) is 0 Å². The van der Waals surface area contributed by atoms with E-state index >= 15 is 0 Å². The summed E-state index contributed by atoms with van der Waals surface area (Å²) in [5.74, 6) is 1.47. The number of ether oxygens (including phenoxy) is 3. The van der Waals surface area contributed by atoms with Gasteiger partial charge in [-0.1, -0.05) is 0 Å². The number of aromatic hydroxyl groups is 1. The van der Waals surface area contributed by atoms with Crippen LogP contribution in [-0.4, -0.2) is 61.3 Å². The minimum absolute atomic E-state index is 0.0257. The van der Waals surface area contributed by atoms with E-state index in [9.17, 15) is 14.7 Å². The van der Waals surface area contributed by atoms with Gasteiger partial charge in [-0.3, -0.25) is 9.59 Å². The van der Waals surface area contributed by atoms with Crippen LogP contribution in [0.15, 0.2) is 42.5 Å². The molecule has 8 nitrogen and oxygen atoms in total. The standard InChI is InChI=1S/C23H28N2O6/c1-15(31-19-6-4-18(26)5-7-19)22(27)24-17-8-10-25(11-9-17)23(28)16-12-20(29-2)14-21(13-16)30-3/h4-7,12-15,17,26H,8-11H2,1-3H3,(H,24,27). The molecule has 1 heterocycles. The van der Waals surface area contributed by atoms with Crippen LogP contribution in [0.4, 0.5) is 0 Å². The Hall–Kier alpha value is -3.42. The fourth-order valence-electron chi connectivity index (χ4n) is 3.44. The van der Waals surface area contributed by atoms with Gasteiger partial charge < -0.3 is 29.5 Å². The van der Waals surface area contributed by atoms with Crippen LogP contribution < -0.4 is 19.5 Å². The second-order valence-electron chi connectivity index (χ2n) is 7.43.